The predicted molar refractivity (Wildman–Crippen MR) is 50.9 cm³/mol. The first-order valence-corrected chi connectivity index (χ1v) is 4.37. The van der Waals surface area contributed by atoms with Gasteiger partial charge in [-0.3, -0.25) is 0 Å². The molecule has 0 unspecified atom stereocenters. The van der Waals surface area contributed by atoms with Crippen LogP contribution in [0.4, 0.5) is 11.1 Å². The number of nitrogens with zero attached hydrogens (tertiary/aromatic N) is 2. The molecule has 0 aliphatic heterocycles. The van der Waals surface area contributed by atoms with Gasteiger partial charge in [-0.2, -0.15) is 9.36 Å². The Hall–Kier alpha value is -1.28. The van der Waals surface area contributed by atoms with Crippen LogP contribution in [0.25, 0.3) is 0 Å². The van der Waals surface area contributed by atoms with Crippen molar-refractivity contribution >= 4 is 22.6 Å². The van der Waals surface area contributed by atoms with E-state index in [-0.39, 0.29) is 0 Å². The quantitative estimate of drug-likeness (QED) is 0.537. The Morgan fingerprint density at radius 3 is 3.08 bits per heavy atom. The van der Waals surface area contributed by atoms with E-state index in [2.05, 4.69) is 20.6 Å². The second kappa shape index (κ2) is 4.57. The first kappa shape index (κ1) is 8.81. The molecule has 0 amide bonds. The van der Waals surface area contributed by atoms with Gasteiger partial charge < -0.3 is 11.1 Å². The van der Waals surface area contributed by atoms with Crippen LogP contribution in [0.1, 0.15) is 12.8 Å². The van der Waals surface area contributed by atoms with Crippen molar-refractivity contribution in [1.29, 1.82) is 0 Å². The van der Waals surface area contributed by atoms with Crippen LogP contribution in [0.3, 0.4) is 0 Å². The Morgan fingerprint density at radius 1 is 1.67 bits per heavy atom. The summed E-state index contributed by atoms with van der Waals surface area (Å²) in [4.78, 5) is 3.93. The van der Waals surface area contributed by atoms with Gasteiger partial charge in [0.15, 0.2) is 0 Å². The zero-order valence-electron chi connectivity index (χ0n) is 6.58. The zero-order valence-corrected chi connectivity index (χ0v) is 7.40. The van der Waals surface area contributed by atoms with E-state index in [1.807, 2.05) is 0 Å². The summed E-state index contributed by atoms with van der Waals surface area (Å²) in [6.45, 7) is 0.818. The van der Waals surface area contributed by atoms with Crippen molar-refractivity contribution in [3.05, 3.63) is 0 Å². The van der Waals surface area contributed by atoms with Crippen LogP contribution in [0.2, 0.25) is 0 Å². The first-order chi connectivity index (χ1) is 5.83. The van der Waals surface area contributed by atoms with Crippen LogP contribution >= 0.6 is 11.5 Å². The minimum absolute atomic E-state index is 0.319. The van der Waals surface area contributed by atoms with Gasteiger partial charge >= 0.3 is 0 Å². The molecule has 1 heterocycles. The fourth-order valence-electron chi connectivity index (χ4n) is 0.692. The van der Waals surface area contributed by atoms with Gasteiger partial charge in [-0.1, -0.05) is 0 Å². The molecule has 1 rings (SSSR count). The smallest absolute Gasteiger partial charge is 0.233 e. The van der Waals surface area contributed by atoms with Gasteiger partial charge in [0.2, 0.25) is 11.1 Å². The number of anilines is 2. The van der Waals surface area contributed by atoms with Crippen molar-refractivity contribution in [3.8, 4) is 12.3 Å². The number of nitrogen functional groups attached to an aromatic ring is 1. The van der Waals surface area contributed by atoms with Crippen LogP contribution in [-0.4, -0.2) is 15.9 Å². The number of unbranched alkanes of at least 4 members (excludes halogenated alkanes) is 1. The van der Waals surface area contributed by atoms with Crippen LogP contribution in [-0.2, 0) is 0 Å². The normalized spacial score (nSPS) is 9.25. The Balaban J connectivity index is 2.21. The topological polar surface area (TPSA) is 63.8 Å². The molecular formula is C7H10N4S. The fourth-order valence-corrected chi connectivity index (χ4v) is 1.21. The highest BCUT2D eigenvalue weighted by atomic mass is 32.1. The second-order valence-electron chi connectivity index (χ2n) is 2.19. The van der Waals surface area contributed by atoms with Gasteiger partial charge in [0.1, 0.15) is 0 Å². The minimum Gasteiger partial charge on any atom is -0.367 e. The van der Waals surface area contributed by atoms with Crippen molar-refractivity contribution < 1.29 is 0 Å². The summed E-state index contributed by atoms with van der Waals surface area (Å²) in [6, 6.07) is 0. The van der Waals surface area contributed by atoms with Crippen molar-refractivity contribution in [2.24, 2.45) is 0 Å². The van der Waals surface area contributed by atoms with E-state index < -0.39 is 0 Å². The lowest BCUT2D eigenvalue weighted by Gasteiger charge is -1.97. The Labute approximate surface area is 75.4 Å². The molecule has 0 aliphatic carbocycles. The second-order valence-corrected chi connectivity index (χ2v) is 2.94. The monoisotopic (exact) mass is 182 g/mol. The van der Waals surface area contributed by atoms with E-state index in [0.717, 1.165) is 24.5 Å². The molecule has 0 spiro atoms. The lowest BCUT2D eigenvalue weighted by atomic mass is 10.3. The minimum atomic E-state index is 0.319. The SMILES string of the molecule is C#CCCCNc1nc(N)ns1. The molecule has 3 N–H and O–H groups in total. The summed E-state index contributed by atoms with van der Waals surface area (Å²) in [7, 11) is 0. The standard InChI is InChI=1S/C7H10N4S/c1-2-3-4-5-9-7-10-6(8)11-12-7/h1H,3-5H2,(H3,8,9,10,11). The molecule has 5 heteroatoms. The van der Waals surface area contributed by atoms with Crippen LogP contribution in [0.15, 0.2) is 0 Å². The summed E-state index contributed by atoms with van der Waals surface area (Å²) >= 11 is 1.26. The number of aromatic nitrogens is 2. The Morgan fingerprint density at radius 2 is 2.50 bits per heavy atom. The maximum atomic E-state index is 5.32. The summed E-state index contributed by atoms with van der Waals surface area (Å²) in [6.07, 6.45) is 6.81. The number of nitrogens with two attached hydrogens (primary N) is 1. The third-order valence-electron chi connectivity index (χ3n) is 1.22. The molecule has 0 bridgehead atoms. The van der Waals surface area contributed by atoms with E-state index >= 15 is 0 Å². The average molecular weight is 182 g/mol. The summed E-state index contributed by atoms with van der Waals surface area (Å²) in [5, 5.41) is 3.82. The molecule has 0 saturated carbocycles. The van der Waals surface area contributed by atoms with E-state index in [4.69, 9.17) is 12.2 Å². The van der Waals surface area contributed by atoms with E-state index in [1.165, 1.54) is 11.5 Å². The van der Waals surface area contributed by atoms with Gasteiger partial charge in [0.05, 0.1) is 0 Å². The molecule has 4 nitrogen and oxygen atoms in total. The molecule has 0 saturated heterocycles. The van der Waals surface area contributed by atoms with Crippen LogP contribution in [0.5, 0.6) is 0 Å². The molecular weight excluding hydrogens is 172 g/mol. The number of rotatable bonds is 4. The predicted octanol–water partition coefficient (Wildman–Crippen LogP) is 0.946. The van der Waals surface area contributed by atoms with Gasteiger partial charge in [-0.05, 0) is 6.42 Å². The summed E-state index contributed by atoms with van der Waals surface area (Å²) < 4.78 is 3.82. The molecule has 0 aliphatic rings. The summed E-state index contributed by atoms with van der Waals surface area (Å²) in [5.74, 6) is 2.88. The Kier molecular flexibility index (Phi) is 3.35. The zero-order chi connectivity index (χ0) is 8.81. The number of hydrogen-bond donors (Lipinski definition) is 2. The third kappa shape index (κ3) is 2.76. The van der Waals surface area contributed by atoms with Gasteiger partial charge in [0, 0.05) is 24.5 Å². The highest BCUT2D eigenvalue weighted by Gasteiger charge is 1.97. The van der Waals surface area contributed by atoms with Crippen molar-refractivity contribution in [1.82, 2.24) is 9.36 Å². The molecule has 0 aromatic carbocycles. The van der Waals surface area contributed by atoms with Crippen molar-refractivity contribution in [3.63, 3.8) is 0 Å². The number of nitrogens with one attached hydrogen (secondary N) is 1. The molecule has 64 valence electrons. The van der Waals surface area contributed by atoms with Gasteiger partial charge in [-0.15, -0.1) is 12.3 Å². The molecule has 1 aromatic rings. The third-order valence-corrected chi connectivity index (χ3v) is 1.90. The van der Waals surface area contributed by atoms with Crippen molar-refractivity contribution in [2.45, 2.75) is 12.8 Å². The number of hydrogen-bond acceptors (Lipinski definition) is 5. The average Bonchev–Trinajstić information content (AvgIpc) is 2.45. The van der Waals surface area contributed by atoms with Crippen molar-refractivity contribution in [2.75, 3.05) is 17.6 Å². The first-order valence-electron chi connectivity index (χ1n) is 3.59. The number of terminal acetylenes is 1. The van der Waals surface area contributed by atoms with E-state index in [9.17, 15) is 0 Å². The van der Waals surface area contributed by atoms with E-state index in [0.29, 0.717) is 5.95 Å². The molecule has 0 radical (unpaired) electrons. The molecule has 1 aromatic heterocycles. The molecule has 0 atom stereocenters. The highest BCUT2D eigenvalue weighted by Crippen LogP contribution is 2.11. The summed E-state index contributed by atoms with van der Waals surface area (Å²) in [5.41, 5.74) is 5.32. The van der Waals surface area contributed by atoms with Gasteiger partial charge in [-0.25, -0.2) is 0 Å². The van der Waals surface area contributed by atoms with Crippen LogP contribution in [0, 0.1) is 12.3 Å². The maximum Gasteiger partial charge on any atom is 0.233 e. The largest absolute Gasteiger partial charge is 0.367 e. The lowest BCUT2D eigenvalue weighted by Crippen LogP contribution is -2.00. The fraction of sp³-hybridized carbons (Fsp3) is 0.429. The van der Waals surface area contributed by atoms with Gasteiger partial charge in [0.25, 0.3) is 0 Å². The Bertz CT molecular complexity index is 275. The maximum absolute atomic E-state index is 5.32. The van der Waals surface area contributed by atoms with E-state index in [1.54, 1.807) is 0 Å². The molecule has 12 heavy (non-hydrogen) atoms. The van der Waals surface area contributed by atoms with Crippen LogP contribution < -0.4 is 11.1 Å². The lowest BCUT2D eigenvalue weighted by molar-refractivity contribution is 0.905. The highest BCUT2D eigenvalue weighted by molar-refractivity contribution is 7.09. The molecule has 0 fully saturated rings.